The zero-order valence-corrected chi connectivity index (χ0v) is 14.3. The number of amides is 1. The van der Waals surface area contributed by atoms with Crippen molar-refractivity contribution in [3.05, 3.63) is 63.6 Å². The molecule has 0 bridgehead atoms. The molecule has 0 saturated carbocycles. The molecule has 0 spiro atoms. The van der Waals surface area contributed by atoms with Crippen LogP contribution in [0.1, 0.15) is 30.5 Å². The van der Waals surface area contributed by atoms with E-state index in [9.17, 15) is 4.79 Å². The van der Waals surface area contributed by atoms with Crippen molar-refractivity contribution in [3.8, 4) is 0 Å². The standard InChI is InChI=1S/C18H18Cl2N2O/c1-11(18(23)22-15-9-13(19)8-14(20)10-15)21-17-7-6-12-4-2-3-5-16(12)17/h2-5,8-11,17,21H,6-7H2,1H3,(H,22,23). The minimum atomic E-state index is -0.316. The monoisotopic (exact) mass is 348 g/mol. The molecule has 1 amide bonds. The van der Waals surface area contributed by atoms with Gasteiger partial charge in [-0.3, -0.25) is 10.1 Å². The molecular formula is C18H18Cl2N2O. The highest BCUT2D eigenvalue weighted by atomic mass is 35.5. The Labute approximate surface area is 146 Å². The van der Waals surface area contributed by atoms with Gasteiger partial charge >= 0.3 is 0 Å². The van der Waals surface area contributed by atoms with Crippen LogP contribution < -0.4 is 10.6 Å². The van der Waals surface area contributed by atoms with Gasteiger partial charge in [-0.2, -0.15) is 0 Å². The topological polar surface area (TPSA) is 41.1 Å². The van der Waals surface area contributed by atoms with Crippen LogP contribution >= 0.6 is 23.2 Å². The Kier molecular flexibility index (Phi) is 4.90. The summed E-state index contributed by atoms with van der Waals surface area (Å²) in [5.41, 5.74) is 3.25. The Morgan fingerprint density at radius 3 is 2.61 bits per heavy atom. The molecule has 23 heavy (non-hydrogen) atoms. The van der Waals surface area contributed by atoms with E-state index in [1.165, 1.54) is 11.1 Å². The largest absolute Gasteiger partial charge is 0.325 e. The van der Waals surface area contributed by atoms with Crippen LogP contribution in [0.15, 0.2) is 42.5 Å². The van der Waals surface area contributed by atoms with Gasteiger partial charge in [-0.15, -0.1) is 0 Å². The van der Waals surface area contributed by atoms with Gasteiger partial charge in [0.1, 0.15) is 0 Å². The van der Waals surface area contributed by atoms with Crippen molar-refractivity contribution in [2.24, 2.45) is 0 Å². The molecule has 0 radical (unpaired) electrons. The molecule has 1 aliphatic carbocycles. The van der Waals surface area contributed by atoms with Crippen LogP contribution in [0.4, 0.5) is 5.69 Å². The van der Waals surface area contributed by atoms with Crippen molar-refractivity contribution in [1.82, 2.24) is 5.32 Å². The Hall–Kier alpha value is -1.55. The van der Waals surface area contributed by atoms with E-state index >= 15 is 0 Å². The number of carbonyl (C=O) groups is 1. The molecule has 0 aromatic heterocycles. The Bertz CT molecular complexity index is 712. The average Bonchev–Trinajstić information content (AvgIpc) is 2.89. The second kappa shape index (κ2) is 6.91. The van der Waals surface area contributed by atoms with Crippen LogP contribution in [0.3, 0.4) is 0 Å². The van der Waals surface area contributed by atoms with Crippen LogP contribution in [0.25, 0.3) is 0 Å². The Morgan fingerprint density at radius 1 is 1.17 bits per heavy atom. The SMILES string of the molecule is CC(NC1CCc2ccccc21)C(=O)Nc1cc(Cl)cc(Cl)c1. The first-order chi connectivity index (χ1) is 11.0. The zero-order chi connectivity index (χ0) is 16.4. The molecule has 0 saturated heterocycles. The lowest BCUT2D eigenvalue weighted by Gasteiger charge is -2.20. The summed E-state index contributed by atoms with van der Waals surface area (Å²) in [6, 6.07) is 13.3. The van der Waals surface area contributed by atoms with Gasteiger partial charge in [0.15, 0.2) is 0 Å². The molecule has 2 unspecified atom stereocenters. The number of anilines is 1. The lowest BCUT2D eigenvalue weighted by molar-refractivity contribution is -0.118. The highest BCUT2D eigenvalue weighted by Crippen LogP contribution is 2.31. The van der Waals surface area contributed by atoms with Crippen LogP contribution in [-0.2, 0) is 11.2 Å². The van der Waals surface area contributed by atoms with Crippen LogP contribution in [0, 0.1) is 0 Å². The van der Waals surface area contributed by atoms with Gasteiger partial charge in [0, 0.05) is 21.8 Å². The molecule has 2 atom stereocenters. The van der Waals surface area contributed by atoms with Crippen molar-refractivity contribution >= 4 is 34.8 Å². The maximum atomic E-state index is 12.4. The first kappa shape index (κ1) is 16.3. The Balaban J connectivity index is 1.64. The van der Waals surface area contributed by atoms with Gasteiger partial charge < -0.3 is 5.32 Å². The third-order valence-electron chi connectivity index (χ3n) is 4.11. The van der Waals surface area contributed by atoms with Crippen molar-refractivity contribution < 1.29 is 4.79 Å². The smallest absolute Gasteiger partial charge is 0.241 e. The third-order valence-corrected chi connectivity index (χ3v) is 4.54. The number of nitrogens with one attached hydrogen (secondary N) is 2. The van der Waals surface area contributed by atoms with E-state index in [1.807, 2.05) is 13.0 Å². The number of aryl methyl sites for hydroxylation is 1. The summed E-state index contributed by atoms with van der Waals surface area (Å²) in [4.78, 5) is 12.4. The summed E-state index contributed by atoms with van der Waals surface area (Å²) >= 11 is 11.9. The van der Waals surface area contributed by atoms with Crippen molar-refractivity contribution in [2.45, 2.75) is 31.8 Å². The molecule has 5 heteroatoms. The predicted octanol–water partition coefficient (Wildman–Crippen LogP) is 4.60. The lowest BCUT2D eigenvalue weighted by Crippen LogP contribution is -2.39. The zero-order valence-electron chi connectivity index (χ0n) is 12.8. The molecule has 3 nitrogen and oxygen atoms in total. The molecule has 0 aliphatic heterocycles. The number of fused-ring (bicyclic) bond motifs is 1. The van der Waals surface area contributed by atoms with E-state index in [-0.39, 0.29) is 18.0 Å². The molecule has 1 aliphatic rings. The van der Waals surface area contributed by atoms with Crippen LogP contribution in [0.5, 0.6) is 0 Å². The van der Waals surface area contributed by atoms with Crippen molar-refractivity contribution in [2.75, 3.05) is 5.32 Å². The molecular weight excluding hydrogens is 331 g/mol. The van der Waals surface area contributed by atoms with Gasteiger partial charge in [0.2, 0.25) is 5.91 Å². The number of rotatable bonds is 4. The molecule has 0 fully saturated rings. The van der Waals surface area contributed by atoms with E-state index < -0.39 is 0 Å². The number of halogens is 2. The van der Waals surface area contributed by atoms with E-state index in [4.69, 9.17) is 23.2 Å². The summed E-state index contributed by atoms with van der Waals surface area (Å²) < 4.78 is 0. The predicted molar refractivity (Wildman–Crippen MR) is 95.2 cm³/mol. The van der Waals surface area contributed by atoms with Gasteiger partial charge in [-0.05, 0) is 49.1 Å². The number of hydrogen-bond acceptors (Lipinski definition) is 2. The van der Waals surface area contributed by atoms with Crippen molar-refractivity contribution in [1.29, 1.82) is 0 Å². The first-order valence-corrected chi connectivity index (χ1v) is 8.39. The van der Waals surface area contributed by atoms with Gasteiger partial charge in [0.05, 0.1) is 6.04 Å². The summed E-state index contributed by atoms with van der Waals surface area (Å²) in [5.74, 6) is -0.104. The van der Waals surface area contributed by atoms with E-state index in [2.05, 4.69) is 28.8 Å². The molecule has 3 rings (SSSR count). The maximum absolute atomic E-state index is 12.4. The Morgan fingerprint density at radius 2 is 1.87 bits per heavy atom. The van der Waals surface area contributed by atoms with Gasteiger partial charge in [-0.25, -0.2) is 0 Å². The van der Waals surface area contributed by atoms with Gasteiger partial charge in [-0.1, -0.05) is 47.5 Å². The molecule has 2 aromatic carbocycles. The summed E-state index contributed by atoms with van der Waals surface area (Å²) in [5, 5.41) is 7.25. The van der Waals surface area contributed by atoms with Gasteiger partial charge in [0.25, 0.3) is 0 Å². The fourth-order valence-electron chi connectivity index (χ4n) is 2.98. The van der Waals surface area contributed by atoms with E-state index in [0.29, 0.717) is 15.7 Å². The molecule has 2 aromatic rings. The first-order valence-electron chi connectivity index (χ1n) is 7.64. The molecule has 0 heterocycles. The second-order valence-electron chi connectivity index (χ2n) is 5.83. The second-order valence-corrected chi connectivity index (χ2v) is 6.70. The third kappa shape index (κ3) is 3.86. The maximum Gasteiger partial charge on any atom is 0.241 e. The fraction of sp³-hybridized carbons (Fsp3) is 0.278. The van der Waals surface area contributed by atoms with E-state index in [1.54, 1.807) is 18.2 Å². The fourth-order valence-corrected chi connectivity index (χ4v) is 3.51. The van der Waals surface area contributed by atoms with Crippen molar-refractivity contribution in [3.63, 3.8) is 0 Å². The minimum Gasteiger partial charge on any atom is -0.325 e. The molecule has 2 N–H and O–H groups in total. The number of hydrogen-bond donors (Lipinski definition) is 2. The molecule has 120 valence electrons. The summed E-state index contributed by atoms with van der Waals surface area (Å²) in [6.45, 7) is 1.86. The normalized spacial score (nSPS) is 17.6. The lowest BCUT2D eigenvalue weighted by atomic mass is 10.1. The van der Waals surface area contributed by atoms with E-state index in [0.717, 1.165) is 12.8 Å². The summed E-state index contributed by atoms with van der Waals surface area (Å²) in [6.07, 6.45) is 2.06. The minimum absolute atomic E-state index is 0.104. The number of carbonyl (C=O) groups excluding carboxylic acids is 1. The highest BCUT2D eigenvalue weighted by Gasteiger charge is 2.25. The number of benzene rings is 2. The van der Waals surface area contributed by atoms with Crippen LogP contribution in [-0.4, -0.2) is 11.9 Å². The highest BCUT2D eigenvalue weighted by molar-refractivity contribution is 6.35. The quantitative estimate of drug-likeness (QED) is 0.847. The average molecular weight is 349 g/mol. The summed E-state index contributed by atoms with van der Waals surface area (Å²) in [7, 11) is 0. The van der Waals surface area contributed by atoms with Crippen LogP contribution in [0.2, 0.25) is 10.0 Å².